The Bertz CT molecular complexity index is 904. The van der Waals surface area contributed by atoms with Crippen LogP contribution in [0, 0.1) is 0 Å². The molecule has 0 radical (unpaired) electrons. The number of rotatable bonds is 4. The number of aromatic nitrogens is 5. The summed E-state index contributed by atoms with van der Waals surface area (Å²) in [4.78, 5) is 20.6. The molecule has 0 atom stereocenters. The molecule has 27 heavy (non-hydrogen) atoms. The molecule has 0 spiro atoms. The van der Waals surface area contributed by atoms with Crippen LogP contribution in [0.2, 0.25) is 0 Å². The van der Waals surface area contributed by atoms with Crippen molar-refractivity contribution in [2.24, 2.45) is 0 Å². The van der Waals surface area contributed by atoms with Crippen LogP contribution in [0.5, 0.6) is 5.75 Å². The number of methoxy groups -OCH3 is 1. The van der Waals surface area contributed by atoms with E-state index < -0.39 is 0 Å². The number of benzene rings is 1. The van der Waals surface area contributed by atoms with Gasteiger partial charge in [0.05, 0.1) is 7.11 Å². The minimum Gasteiger partial charge on any atom is -0.497 e. The summed E-state index contributed by atoms with van der Waals surface area (Å²) in [6, 6.07) is 11.3. The zero-order valence-corrected chi connectivity index (χ0v) is 14.9. The Morgan fingerprint density at radius 1 is 1.07 bits per heavy atom. The number of piperazine rings is 1. The van der Waals surface area contributed by atoms with Gasteiger partial charge in [-0.3, -0.25) is 4.79 Å². The number of hydrogen-bond acceptors (Lipinski definition) is 7. The molecule has 1 amide bonds. The molecule has 4 rings (SSSR count). The minimum atomic E-state index is -0.113. The zero-order valence-electron chi connectivity index (χ0n) is 14.9. The maximum atomic E-state index is 12.7. The van der Waals surface area contributed by atoms with Crippen molar-refractivity contribution in [2.45, 2.75) is 0 Å². The molecule has 1 aromatic carbocycles. The van der Waals surface area contributed by atoms with Gasteiger partial charge in [-0.25, -0.2) is 9.67 Å². The SMILES string of the molecule is COc1cccc(N2CCN(C(=O)c3ccc(-n4cncn4)nn3)CC2)c1. The van der Waals surface area contributed by atoms with Crippen molar-refractivity contribution in [1.82, 2.24) is 29.9 Å². The van der Waals surface area contributed by atoms with E-state index in [1.165, 1.54) is 17.3 Å². The Balaban J connectivity index is 1.39. The van der Waals surface area contributed by atoms with E-state index in [1.807, 2.05) is 24.3 Å². The predicted molar refractivity (Wildman–Crippen MR) is 98.1 cm³/mol. The summed E-state index contributed by atoms with van der Waals surface area (Å²) in [7, 11) is 1.66. The van der Waals surface area contributed by atoms with Crippen molar-refractivity contribution in [3.63, 3.8) is 0 Å². The van der Waals surface area contributed by atoms with E-state index in [4.69, 9.17) is 4.74 Å². The monoisotopic (exact) mass is 365 g/mol. The summed E-state index contributed by atoms with van der Waals surface area (Å²) in [6.07, 6.45) is 2.95. The number of amides is 1. The first-order chi connectivity index (χ1) is 13.2. The van der Waals surface area contributed by atoms with E-state index >= 15 is 0 Å². The molecular formula is C18H19N7O2. The standard InChI is InChI=1S/C18H19N7O2/c1-27-15-4-2-3-14(11-15)23-7-9-24(10-8-23)18(26)16-5-6-17(22-21-16)25-13-19-12-20-25/h2-6,11-13H,7-10H2,1H3. The van der Waals surface area contributed by atoms with E-state index in [0.717, 1.165) is 24.5 Å². The van der Waals surface area contributed by atoms with E-state index in [1.54, 1.807) is 24.1 Å². The molecule has 1 saturated heterocycles. The normalized spacial score (nSPS) is 14.3. The summed E-state index contributed by atoms with van der Waals surface area (Å²) in [5.74, 6) is 1.23. The van der Waals surface area contributed by atoms with Crippen LogP contribution in [-0.4, -0.2) is 69.1 Å². The largest absolute Gasteiger partial charge is 0.497 e. The van der Waals surface area contributed by atoms with Gasteiger partial charge >= 0.3 is 0 Å². The molecular weight excluding hydrogens is 346 g/mol. The summed E-state index contributed by atoms with van der Waals surface area (Å²) in [5, 5.41) is 12.1. The summed E-state index contributed by atoms with van der Waals surface area (Å²) in [5.41, 5.74) is 1.42. The molecule has 0 bridgehead atoms. The number of anilines is 1. The average Bonchev–Trinajstić information content (AvgIpc) is 3.28. The van der Waals surface area contributed by atoms with Crippen LogP contribution in [0.15, 0.2) is 49.1 Å². The molecule has 3 aromatic rings. The molecule has 3 heterocycles. The van der Waals surface area contributed by atoms with Gasteiger partial charge in [-0.05, 0) is 24.3 Å². The molecule has 0 unspecified atom stereocenters. The quantitative estimate of drug-likeness (QED) is 0.682. The number of carbonyl (C=O) groups is 1. The maximum Gasteiger partial charge on any atom is 0.274 e. The van der Waals surface area contributed by atoms with Crippen molar-refractivity contribution in [1.29, 1.82) is 0 Å². The highest BCUT2D eigenvalue weighted by Crippen LogP contribution is 2.22. The van der Waals surface area contributed by atoms with Crippen molar-refractivity contribution < 1.29 is 9.53 Å². The van der Waals surface area contributed by atoms with Crippen LogP contribution in [0.3, 0.4) is 0 Å². The lowest BCUT2D eigenvalue weighted by Gasteiger charge is -2.36. The van der Waals surface area contributed by atoms with Crippen LogP contribution >= 0.6 is 0 Å². The van der Waals surface area contributed by atoms with Gasteiger partial charge in [0, 0.05) is 37.9 Å². The maximum absolute atomic E-state index is 12.7. The number of ether oxygens (including phenoxy) is 1. The minimum absolute atomic E-state index is 0.113. The third kappa shape index (κ3) is 3.57. The van der Waals surface area contributed by atoms with Crippen LogP contribution in [0.4, 0.5) is 5.69 Å². The van der Waals surface area contributed by atoms with Gasteiger partial charge in [0.25, 0.3) is 5.91 Å². The Morgan fingerprint density at radius 2 is 1.93 bits per heavy atom. The number of nitrogens with zero attached hydrogens (tertiary/aromatic N) is 7. The molecule has 0 aliphatic carbocycles. The van der Waals surface area contributed by atoms with Gasteiger partial charge in [-0.2, -0.15) is 5.10 Å². The Morgan fingerprint density at radius 3 is 2.59 bits per heavy atom. The molecule has 0 saturated carbocycles. The van der Waals surface area contributed by atoms with Crippen molar-refractivity contribution >= 4 is 11.6 Å². The molecule has 2 aromatic heterocycles. The highest BCUT2D eigenvalue weighted by molar-refractivity contribution is 5.92. The van der Waals surface area contributed by atoms with E-state index in [2.05, 4.69) is 25.2 Å². The third-order valence-corrected chi connectivity index (χ3v) is 4.51. The smallest absolute Gasteiger partial charge is 0.274 e. The summed E-state index contributed by atoms with van der Waals surface area (Å²) in [6.45, 7) is 2.76. The molecule has 0 N–H and O–H groups in total. The van der Waals surface area contributed by atoms with Gasteiger partial charge in [-0.15, -0.1) is 10.2 Å². The van der Waals surface area contributed by atoms with E-state index in [9.17, 15) is 4.79 Å². The fourth-order valence-electron chi connectivity index (χ4n) is 3.02. The average molecular weight is 365 g/mol. The second kappa shape index (κ2) is 7.40. The van der Waals surface area contributed by atoms with Crippen LogP contribution in [0.1, 0.15) is 10.5 Å². The van der Waals surface area contributed by atoms with Crippen LogP contribution in [0.25, 0.3) is 5.82 Å². The van der Waals surface area contributed by atoms with E-state index in [0.29, 0.717) is 24.6 Å². The first kappa shape index (κ1) is 17.0. The fraction of sp³-hybridized carbons (Fsp3) is 0.278. The lowest BCUT2D eigenvalue weighted by molar-refractivity contribution is 0.0739. The van der Waals surface area contributed by atoms with E-state index in [-0.39, 0.29) is 5.91 Å². The third-order valence-electron chi connectivity index (χ3n) is 4.51. The highest BCUT2D eigenvalue weighted by Gasteiger charge is 2.23. The fourth-order valence-corrected chi connectivity index (χ4v) is 3.02. The van der Waals surface area contributed by atoms with Gasteiger partial charge in [0.2, 0.25) is 0 Å². The van der Waals surface area contributed by atoms with Crippen LogP contribution < -0.4 is 9.64 Å². The summed E-state index contributed by atoms with van der Waals surface area (Å²) < 4.78 is 6.78. The lowest BCUT2D eigenvalue weighted by atomic mass is 10.2. The highest BCUT2D eigenvalue weighted by atomic mass is 16.5. The Labute approximate surface area is 156 Å². The molecule has 1 aliphatic heterocycles. The molecule has 138 valence electrons. The zero-order chi connectivity index (χ0) is 18.6. The van der Waals surface area contributed by atoms with Gasteiger partial charge in [-0.1, -0.05) is 6.07 Å². The number of hydrogen-bond donors (Lipinski definition) is 0. The first-order valence-corrected chi connectivity index (χ1v) is 8.61. The predicted octanol–water partition coefficient (Wildman–Crippen LogP) is 1.03. The molecule has 9 heteroatoms. The second-order valence-corrected chi connectivity index (χ2v) is 6.10. The molecule has 1 fully saturated rings. The van der Waals surface area contributed by atoms with Gasteiger partial charge < -0.3 is 14.5 Å². The topological polar surface area (TPSA) is 89.3 Å². The van der Waals surface area contributed by atoms with Gasteiger partial charge in [0.1, 0.15) is 18.4 Å². The number of carbonyl (C=O) groups excluding carboxylic acids is 1. The molecule has 9 nitrogen and oxygen atoms in total. The van der Waals surface area contributed by atoms with Crippen molar-refractivity contribution in [2.75, 3.05) is 38.2 Å². The lowest BCUT2D eigenvalue weighted by Crippen LogP contribution is -2.49. The molecule has 1 aliphatic rings. The Hall–Kier alpha value is -3.49. The Kier molecular flexibility index (Phi) is 4.65. The second-order valence-electron chi connectivity index (χ2n) is 6.10. The van der Waals surface area contributed by atoms with Gasteiger partial charge in [0.15, 0.2) is 11.5 Å². The summed E-state index contributed by atoms with van der Waals surface area (Å²) >= 11 is 0. The van der Waals surface area contributed by atoms with Crippen molar-refractivity contribution in [3.05, 3.63) is 54.7 Å². The first-order valence-electron chi connectivity index (χ1n) is 8.61. The van der Waals surface area contributed by atoms with Crippen LogP contribution in [-0.2, 0) is 0 Å². The van der Waals surface area contributed by atoms with Crippen molar-refractivity contribution in [3.8, 4) is 11.6 Å².